The molecular weight excluding hydrogens is 328 g/mol. The van der Waals surface area contributed by atoms with E-state index in [0.29, 0.717) is 11.4 Å². The number of nitrogens with zero attached hydrogens (tertiary/aromatic N) is 1. The molecule has 0 unspecified atom stereocenters. The van der Waals surface area contributed by atoms with Gasteiger partial charge in [0, 0.05) is 6.07 Å². The first-order valence-corrected chi connectivity index (χ1v) is 8.32. The smallest absolute Gasteiger partial charge is 0.252 e. The zero-order valence-electron chi connectivity index (χ0n) is 14.4. The number of hydrogen-bond acceptors (Lipinski definition) is 3. The molecule has 0 bridgehead atoms. The highest BCUT2D eigenvalue weighted by atomic mass is 16.2. The number of H-pyrrole nitrogens is 1. The predicted octanol–water partition coefficient (Wildman–Crippen LogP) is 2.76. The maximum Gasteiger partial charge on any atom is 0.252 e. The fourth-order valence-corrected chi connectivity index (χ4v) is 2.58. The molecule has 0 fully saturated rings. The lowest BCUT2D eigenvalue weighted by Gasteiger charge is -2.18. The molecule has 0 saturated carbocycles. The first-order chi connectivity index (χ1) is 12.6. The summed E-state index contributed by atoms with van der Waals surface area (Å²) in [4.78, 5) is 25.1. The van der Waals surface area contributed by atoms with Crippen LogP contribution in [-0.4, -0.2) is 22.0 Å². The van der Waals surface area contributed by atoms with Crippen molar-refractivity contribution in [1.29, 1.82) is 0 Å². The minimum Gasteiger partial charge on any atom is -0.340 e. The van der Waals surface area contributed by atoms with Gasteiger partial charge >= 0.3 is 0 Å². The number of benzene rings is 2. The second kappa shape index (κ2) is 8.11. The first-order valence-electron chi connectivity index (χ1n) is 8.32. The molecule has 3 N–H and O–H groups in total. The summed E-state index contributed by atoms with van der Waals surface area (Å²) in [6, 6.07) is 17.7. The van der Waals surface area contributed by atoms with Gasteiger partial charge in [-0.25, -0.2) is 0 Å². The minimum absolute atomic E-state index is 0.209. The van der Waals surface area contributed by atoms with Crippen molar-refractivity contribution in [2.75, 3.05) is 5.32 Å². The van der Waals surface area contributed by atoms with Crippen molar-refractivity contribution in [2.24, 2.45) is 0 Å². The Balaban J connectivity index is 1.73. The molecule has 1 heterocycles. The Morgan fingerprint density at radius 1 is 1.04 bits per heavy atom. The normalized spacial score (nSPS) is 11.6. The summed E-state index contributed by atoms with van der Waals surface area (Å²) in [5.74, 6) is -0.0797. The summed E-state index contributed by atoms with van der Waals surface area (Å²) in [7, 11) is 0. The summed E-state index contributed by atoms with van der Waals surface area (Å²) in [6.07, 6.45) is 1.75. The van der Waals surface area contributed by atoms with Gasteiger partial charge in [-0.3, -0.25) is 14.7 Å². The summed E-state index contributed by atoms with van der Waals surface area (Å²) in [5.41, 5.74) is 2.74. The number of carbonyl (C=O) groups excluding carboxylic acids is 2. The molecule has 0 aliphatic rings. The van der Waals surface area contributed by atoms with Crippen molar-refractivity contribution in [1.82, 2.24) is 15.5 Å². The van der Waals surface area contributed by atoms with E-state index in [0.717, 1.165) is 11.1 Å². The Morgan fingerprint density at radius 2 is 1.77 bits per heavy atom. The van der Waals surface area contributed by atoms with Crippen LogP contribution in [0.3, 0.4) is 0 Å². The topological polar surface area (TPSA) is 86.9 Å². The molecule has 3 rings (SSSR count). The first kappa shape index (κ1) is 17.4. The molecule has 0 saturated heterocycles. The Hall–Kier alpha value is -3.41. The summed E-state index contributed by atoms with van der Waals surface area (Å²) in [5, 5.41) is 12.0. The van der Waals surface area contributed by atoms with Gasteiger partial charge in [0.1, 0.15) is 11.9 Å². The number of aryl methyl sites for hydroxylation is 1. The zero-order chi connectivity index (χ0) is 18.4. The highest BCUT2D eigenvalue weighted by molar-refractivity contribution is 5.97. The average Bonchev–Trinajstić information content (AvgIpc) is 3.15. The molecule has 26 heavy (non-hydrogen) atoms. The number of rotatable bonds is 6. The van der Waals surface area contributed by atoms with E-state index in [1.54, 1.807) is 12.3 Å². The second-order valence-electron chi connectivity index (χ2n) is 6.03. The third kappa shape index (κ3) is 4.57. The number of aromatic nitrogens is 2. The highest BCUT2D eigenvalue weighted by Crippen LogP contribution is 2.16. The lowest BCUT2D eigenvalue weighted by Crippen LogP contribution is -2.37. The van der Waals surface area contributed by atoms with E-state index < -0.39 is 6.04 Å². The fraction of sp³-hybridized carbons (Fsp3) is 0.150. The second-order valence-corrected chi connectivity index (χ2v) is 6.03. The lowest BCUT2D eigenvalue weighted by atomic mass is 10.0. The largest absolute Gasteiger partial charge is 0.340 e. The summed E-state index contributed by atoms with van der Waals surface area (Å²) >= 11 is 0. The van der Waals surface area contributed by atoms with Crippen LogP contribution in [0.1, 0.15) is 22.7 Å². The molecule has 0 spiro atoms. The number of aromatic amines is 1. The zero-order valence-corrected chi connectivity index (χ0v) is 14.4. The van der Waals surface area contributed by atoms with E-state index in [1.165, 1.54) is 0 Å². The van der Waals surface area contributed by atoms with Crippen LogP contribution >= 0.6 is 0 Å². The Kier molecular flexibility index (Phi) is 5.43. The predicted molar refractivity (Wildman–Crippen MR) is 99.4 cm³/mol. The molecule has 132 valence electrons. The molecule has 0 aliphatic heterocycles. The van der Waals surface area contributed by atoms with E-state index in [9.17, 15) is 9.59 Å². The van der Waals surface area contributed by atoms with E-state index >= 15 is 0 Å². The molecule has 2 amide bonds. The lowest BCUT2D eigenvalue weighted by molar-refractivity contribution is -0.126. The minimum atomic E-state index is -0.794. The molecular formula is C20H20N4O2. The molecule has 2 aromatic carbocycles. The maximum atomic E-state index is 12.7. The van der Waals surface area contributed by atoms with Crippen molar-refractivity contribution in [3.8, 4) is 0 Å². The highest BCUT2D eigenvalue weighted by Gasteiger charge is 2.23. The van der Waals surface area contributed by atoms with E-state index in [4.69, 9.17) is 0 Å². The average molecular weight is 348 g/mol. The van der Waals surface area contributed by atoms with Gasteiger partial charge in [0.25, 0.3) is 5.91 Å². The van der Waals surface area contributed by atoms with Crippen LogP contribution in [0.5, 0.6) is 0 Å². The Morgan fingerprint density at radius 3 is 2.42 bits per heavy atom. The third-order valence-electron chi connectivity index (χ3n) is 3.94. The van der Waals surface area contributed by atoms with Gasteiger partial charge in [-0.05, 0) is 18.1 Å². The van der Waals surface area contributed by atoms with Crippen molar-refractivity contribution < 1.29 is 9.59 Å². The van der Waals surface area contributed by atoms with Gasteiger partial charge in [0.2, 0.25) is 5.91 Å². The van der Waals surface area contributed by atoms with Gasteiger partial charge in [-0.15, -0.1) is 0 Å². The molecule has 1 aromatic heterocycles. The van der Waals surface area contributed by atoms with E-state index in [-0.39, 0.29) is 18.2 Å². The standard InChI is InChI=1S/C20H20N4O2/c1-14-7-9-15(10-8-14)13-18(25)23-19(16-5-3-2-4-6-16)20(26)22-17-11-12-21-24-17/h2-12,19H,13H2,1H3,(H,23,25)(H2,21,22,24,26)/t19-/m1/s1. The van der Waals surface area contributed by atoms with Gasteiger partial charge in [0.15, 0.2) is 0 Å². The Labute approximate surface area is 151 Å². The molecule has 6 heteroatoms. The Bertz CT molecular complexity index is 859. The SMILES string of the molecule is Cc1ccc(CC(=O)N[C@@H](C(=O)Nc2ccn[nH]2)c2ccccc2)cc1. The molecule has 3 aromatic rings. The van der Waals surface area contributed by atoms with Gasteiger partial charge < -0.3 is 10.6 Å². The van der Waals surface area contributed by atoms with Crippen LogP contribution in [0.15, 0.2) is 66.9 Å². The monoisotopic (exact) mass is 348 g/mol. The quantitative estimate of drug-likeness (QED) is 0.640. The van der Waals surface area contributed by atoms with Crippen LogP contribution in [0.2, 0.25) is 0 Å². The van der Waals surface area contributed by atoms with Crippen molar-refractivity contribution in [3.05, 3.63) is 83.6 Å². The van der Waals surface area contributed by atoms with Gasteiger partial charge in [-0.1, -0.05) is 60.2 Å². The molecule has 6 nitrogen and oxygen atoms in total. The van der Waals surface area contributed by atoms with Gasteiger partial charge in [0.05, 0.1) is 12.6 Å². The van der Waals surface area contributed by atoms with Crippen LogP contribution in [0, 0.1) is 6.92 Å². The van der Waals surface area contributed by atoms with Crippen molar-refractivity contribution >= 4 is 17.6 Å². The van der Waals surface area contributed by atoms with Crippen molar-refractivity contribution in [3.63, 3.8) is 0 Å². The molecule has 1 atom stereocenters. The third-order valence-corrected chi connectivity index (χ3v) is 3.94. The molecule has 0 radical (unpaired) electrons. The maximum absolute atomic E-state index is 12.7. The number of nitrogens with one attached hydrogen (secondary N) is 3. The number of anilines is 1. The molecule has 0 aliphatic carbocycles. The van der Waals surface area contributed by atoms with E-state index in [1.807, 2.05) is 61.5 Å². The number of carbonyl (C=O) groups is 2. The van der Waals surface area contributed by atoms with Crippen molar-refractivity contribution in [2.45, 2.75) is 19.4 Å². The fourth-order valence-electron chi connectivity index (χ4n) is 2.58. The summed E-state index contributed by atoms with van der Waals surface area (Å²) < 4.78 is 0. The number of hydrogen-bond donors (Lipinski definition) is 3. The van der Waals surface area contributed by atoms with Crippen LogP contribution < -0.4 is 10.6 Å². The van der Waals surface area contributed by atoms with Crippen LogP contribution in [0.4, 0.5) is 5.82 Å². The van der Waals surface area contributed by atoms with Crippen LogP contribution in [-0.2, 0) is 16.0 Å². The van der Waals surface area contributed by atoms with E-state index in [2.05, 4.69) is 20.8 Å². The van der Waals surface area contributed by atoms with Crippen LogP contribution in [0.25, 0.3) is 0 Å². The van der Waals surface area contributed by atoms with Gasteiger partial charge in [-0.2, -0.15) is 5.10 Å². The number of amides is 2. The summed E-state index contributed by atoms with van der Waals surface area (Å²) in [6.45, 7) is 2.00.